The third kappa shape index (κ3) is 6.43. The fraction of sp³-hybridized carbons (Fsp3) is 1.00. The van der Waals surface area contributed by atoms with Crippen molar-refractivity contribution in [2.75, 3.05) is 59.5 Å². The van der Waals surface area contributed by atoms with E-state index in [9.17, 15) is 0 Å². The van der Waals surface area contributed by atoms with Crippen molar-refractivity contribution in [2.45, 2.75) is 19.3 Å². The van der Waals surface area contributed by atoms with Crippen LogP contribution in [0.2, 0.25) is 0 Å². The van der Waals surface area contributed by atoms with Crippen LogP contribution in [0.4, 0.5) is 0 Å². The van der Waals surface area contributed by atoms with Crippen molar-refractivity contribution in [2.24, 2.45) is 0 Å². The Kier molecular flexibility index (Phi) is 7.76. The van der Waals surface area contributed by atoms with E-state index in [1.807, 2.05) is 0 Å². The molecule has 0 bridgehead atoms. The van der Waals surface area contributed by atoms with Gasteiger partial charge in [-0.05, 0) is 32.9 Å². The monoisotopic (exact) mass is 229 g/mol. The van der Waals surface area contributed by atoms with Crippen LogP contribution in [0.5, 0.6) is 0 Å². The summed E-state index contributed by atoms with van der Waals surface area (Å²) in [6, 6.07) is 0. The van der Waals surface area contributed by atoms with E-state index in [4.69, 9.17) is 5.11 Å². The molecule has 0 amide bonds. The second-order valence-electron chi connectivity index (χ2n) is 4.68. The lowest BCUT2D eigenvalue weighted by molar-refractivity contribution is 0.155. The van der Waals surface area contributed by atoms with Crippen LogP contribution in [0.25, 0.3) is 0 Å². The standard InChI is InChI=1S/C12H27N3O/c1-14-8-10-15(11-9-14)7-6-13-5-3-2-4-12-16/h13,16H,2-12H2,1H3. The summed E-state index contributed by atoms with van der Waals surface area (Å²) in [7, 11) is 2.19. The maximum atomic E-state index is 8.63. The normalized spacial score (nSPS) is 19.1. The van der Waals surface area contributed by atoms with Gasteiger partial charge in [-0.1, -0.05) is 0 Å². The number of nitrogens with zero attached hydrogens (tertiary/aromatic N) is 2. The molecule has 1 aliphatic heterocycles. The largest absolute Gasteiger partial charge is 0.396 e. The summed E-state index contributed by atoms with van der Waals surface area (Å²) in [6.45, 7) is 8.53. The molecule has 1 heterocycles. The first kappa shape index (κ1) is 13.9. The summed E-state index contributed by atoms with van der Waals surface area (Å²) in [5.41, 5.74) is 0. The van der Waals surface area contributed by atoms with Gasteiger partial charge in [0, 0.05) is 45.9 Å². The molecule has 1 aliphatic rings. The van der Waals surface area contributed by atoms with Gasteiger partial charge in [-0.15, -0.1) is 0 Å². The molecule has 1 rings (SSSR count). The van der Waals surface area contributed by atoms with Crippen LogP contribution in [-0.4, -0.2) is 74.4 Å². The fourth-order valence-electron chi connectivity index (χ4n) is 1.97. The van der Waals surface area contributed by atoms with Crippen LogP contribution in [0.1, 0.15) is 19.3 Å². The van der Waals surface area contributed by atoms with E-state index < -0.39 is 0 Å². The quantitative estimate of drug-likeness (QED) is 0.574. The van der Waals surface area contributed by atoms with Gasteiger partial charge >= 0.3 is 0 Å². The number of piperazine rings is 1. The molecule has 96 valence electrons. The molecule has 0 saturated carbocycles. The number of aliphatic hydroxyl groups is 1. The lowest BCUT2D eigenvalue weighted by atomic mass is 10.2. The molecule has 0 unspecified atom stereocenters. The highest BCUT2D eigenvalue weighted by Gasteiger charge is 2.12. The minimum atomic E-state index is 0.335. The summed E-state index contributed by atoms with van der Waals surface area (Å²) in [5.74, 6) is 0. The minimum absolute atomic E-state index is 0.335. The number of hydrogen-bond donors (Lipinski definition) is 2. The van der Waals surface area contributed by atoms with Crippen LogP contribution >= 0.6 is 0 Å². The van der Waals surface area contributed by atoms with Gasteiger partial charge in [0.1, 0.15) is 0 Å². The van der Waals surface area contributed by atoms with Gasteiger partial charge in [-0.2, -0.15) is 0 Å². The van der Waals surface area contributed by atoms with Crippen molar-refractivity contribution >= 4 is 0 Å². The Morgan fingerprint density at radius 1 is 1.00 bits per heavy atom. The summed E-state index contributed by atoms with van der Waals surface area (Å²) in [4.78, 5) is 4.92. The van der Waals surface area contributed by atoms with Crippen molar-refractivity contribution in [3.63, 3.8) is 0 Å². The number of nitrogens with one attached hydrogen (secondary N) is 1. The van der Waals surface area contributed by atoms with E-state index in [1.165, 1.54) is 39.1 Å². The van der Waals surface area contributed by atoms with Gasteiger partial charge in [0.15, 0.2) is 0 Å². The molecule has 2 N–H and O–H groups in total. The maximum absolute atomic E-state index is 8.63. The number of likely N-dealkylation sites (N-methyl/N-ethyl adjacent to an activating group) is 1. The SMILES string of the molecule is CN1CCN(CCNCCCCCO)CC1. The molecule has 1 fully saturated rings. The molecule has 16 heavy (non-hydrogen) atoms. The van der Waals surface area contributed by atoms with Crippen molar-refractivity contribution < 1.29 is 5.11 Å². The Hall–Kier alpha value is -0.160. The average molecular weight is 229 g/mol. The van der Waals surface area contributed by atoms with Gasteiger partial charge in [0.25, 0.3) is 0 Å². The Balaban J connectivity index is 1.84. The van der Waals surface area contributed by atoms with Crippen LogP contribution in [-0.2, 0) is 0 Å². The lowest BCUT2D eigenvalue weighted by Gasteiger charge is -2.32. The number of hydrogen-bond acceptors (Lipinski definition) is 4. The molecule has 1 saturated heterocycles. The van der Waals surface area contributed by atoms with E-state index in [-0.39, 0.29) is 0 Å². The molecule has 0 atom stereocenters. The lowest BCUT2D eigenvalue weighted by Crippen LogP contribution is -2.46. The smallest absolute Gasteiger partial charge is 0.0431 e. The van der Waals surface area contributed by atoms with Gasteiger partial charge in [-0.3, -0.25) is 4.90 Å². The molecule has 4 heteroatoms. The Labute approximate surface area is 99.6 Å². The Morgan fingerprint density at radius 2 is 1.75 bits per heavy atom. The van der Waals surface area contributed by atoms with E-state index >= 15 is 0 Å². The van der Waals surface area contributed by atoms with Crippen LogP contribution in [0.15, 0.2) is 0 Å². The highest BCUT2D eigenvalue weighted by molar-refractivity contribution is 4.69. The van der Waals surface area contributed by atoms with Gasteiger partial charge in [-0.25, -0.2) is 0 Å². The Bertz CT molecular complexity index is 158. The molecular formula is C12H27N3O. The predicted octanol–water partition coefficient (Wildman–Crippen LogP) is -0.0140. The van der Waals surface area contributed by atoms with Gasteiger partial charge in [0.05, 0.1) is 0 Å². The topological polar surface area (TPSA) is 38.7 Å². The minimum Gasteiger partial charge on any atom is -0.396 e. The molecule has 4 nitrogen and oxygen atoms in total. The molecule has 0 aromatic carbocycles. The van der Waals surface area contributed by atoms with Crippen molar-refractivity contribution in [3.05, 3.63) is 0 Å². The van der Waals surface area contributed by atoms with E-state index in [1.54, 1.807) is 0 Å². The number of aliphatic hydroxyl groups excluding tert-OH is 1. The Morgan fingerprint density at radius 3 is 2.44 bits per heavy atom. The second kappa shape index (κ2) is 8.93. The molecule has 0 aliphatic carbocycles. The van der Waals surface area contributed by atoms with Gasteiger partial charge in [0.2, 0.25) is 0 Å². The van der Waals surface area contributed by atoms with Crippen molar-refractivity contribution in [1.29, 1.82) is 0 Å². The molecule has 0 radical (unpaired) electrons. The predicted molar refractivity (Wildman–Crippen MR) is 67.7 cm³/mol. The highest BCUT2D eigenvalue weighted by atomic mass is 16.2. The fourth-order valence-corrected chi connectivity index (χ4v) is 1.97. The molecule has 0 spiro atoms. The van der Waals surface area contributed by atoms with Crippen molar-refractivity contribution in [1.82, 2.24) is 15.1 Å². The van der Waals surface area contributed by atoms with Crippen LogP contribution in [0, 0.1) is 0 Å². The zero-order valence-electron chi connectivity index (χ0n) is 10.6. The molecule has 0 aromatic heterocycles. The summed E-state index contributed by atoms with van der Waals surface area (Å²) >= 11 is 0. The summed E-state index contributed by atoms with van der Waals surface area (Å²) < 4.78 is 0. The van der Waals surface area contributed by atoms with E-state index in [2.05, 4.69) is 22.2 Å². The number of unbranched alkanes of at least 4 members (excludes halogenated alkanes) is 2. The van der Waals surface area contributed by atoms with E-state index in [0.717, 1.165) is 25.9 Å². The van der Waals surface area contributed by atoms with Crippen LogP contribution in [0.3, 0.4) is 0 Å². The van der Waals surface area contributed by atoms with Crippen LogP contribution < -0.4 is 5.32 Å². The second-order valence-corrected chi connectivity index (χ2v) is 4.68. The van der Waals surface area contributed by atoms with Crippen molar-refractivity contribution in [3.8, 4) is 0 Å². The third-order valence-electron chi connectivity index (χ3n) is 3.21. The average Bonchev–Trinajstić information content (AvgIpc) is 2.30. The first-order chi connectivity index (χ1) is 7.83. The number of rotatable bonds is 8. The summed E-state index contributed by atoms with van der Waals surface area (Å²) in [5, 5.41) is 12.1. The highest BCUT2D eigenvalue weighted by Crippen LogP contribution is 1.97. The first-order valence-corrected chi connectivity index (χ1v) is 6.55. The zero-order valence-corrected chi connectivity index (χ0v) is 10.6. The molecular weight excluding hydrogens is 202 g/mol. The molecule has 0 aromatic rings. The van der Waals surface area contributed by atoms with E-state index in [0.29, 0.717) is 6.61 Å². The maximum Gasteiger partial charge on any atom is 0.0431 e. The first-order valence-electron chi connectivity index (χ1n) is 6.55. The third-order valence-corrected chi connectivity index (χ3v) is 3.21. The zero-order chi connectivity index (χ0) is 11.6. The summed E-state index contributed by atoms with van der Waals surface area (Å²) in [6.07, 6.45) is 3.27. The van der Waals surface area contributed by atoms with Gasteiger partial charge < -0.3 is 15.3 Å².